The second-order valence-electron chi connectivity index (χ2n) is 2.19. The van der Waals surface area contributed by atoms with Crippen molar-refractivity contribution < 1.29 is 112 Å². The van der Waals surface area contributed by atoms with Gasteiger partial charge >= 0.3 is 60.8 Å². The van der Waals surface area contributed by atoms with Gasteiger partial charge in [-0.1, -0.05) is 17.3 Å². The topological polar surface area (TPSA) is 385 Å². The summed E-state index contributed by atoms with van der Waals surface area (Å²) in [5.74, 6) is 0. The molecule has 0 bridgehead atoms. The van der Waals surface area contributed by atoms with Gasteiger partial charge in [-0.3, -0.25) is 22.8 Å². The van der Waals surface area contributed by atoms with E-state index >= 15 is 0 Å². The van der Waals surface area contributed by atoms with Gasteiger partial charge in [-0.25, -0.2) is 8.42 Å². The summed E-state index contributed by atoms with van der Waals surface area (Å²) in [6.45, 7) is 0. The van der Waals surface area contributed by atoms with Crippen molar-refractivity contribution in [2.24, 2.45) is 0 Å². The van der Waals surface area contributed by atoms with Gasteiger partial charge in [-0.05, 0) is 0 Å². The van der Waals surface area contributed by atoms with Crippen LogP contribution in [-0.4, -0.2) is 65.2 Å². The quantitative estimate of drug-likeness (QED) is 0.0422. The largest absolute Gasteiger partial charge is 1.00 e. The van der Waals surface area contributed by atoms with E-state index in [0.29, 0.717) is 0 Å². The van der Waals surface area contributed by atoms with Crippen LogP contribution >= 0.6 is 0 Å². The molecule has 0 aliphatic carbocycles. The molecule has 27 heteroatoms. The molecule has 0 aromatic rings. The number of rotatable bonds is 6. The summed E-state index contributed by atoms with van der Waals surface area (Å²) in [7, 11) is -20.4. The Morgan fingerprint density at radius 2 is 0.778 bits per heavy atom. The maximum atomic E-state index is 9.51. The summed E-state index contributed by atoms with van der Waals surface area (Å²) in [6, 6.07) is 0. The van der Waals surface area contributed by atoms with Crippen LogP contribution in [0.4, 0.5) is 0 Å². The van der Waals surface area contributed by atoms with Gasteiger partial charge in [-0.2, -0.15) is 29.5 Å². The molecule has 0 atom stereocenters. The molecule has 0 radical (unpaired) electrons. The van der Waals surface area contributed by atoms with Crippen molar-refractivity contribution in [1.29, 1.82) is 0 Å². The van der Waals surface area contributed by atoms with Crippen molar-refractivity contribution in [3.8, 4) is 0 Å². The smallest absolute Gasteiger partial charge is 0.724 e. The SMILES string of the molecule is N.N.O=S(=O)(O)OOS(=O)(=O)O.O=S(=O)([O-])OOS(=O)(=O)O.O=S(O)O.[Na+]. The second-order valence-corrected chi connectivity index (χ2v) is 6.58. The molecule has 0 unspecified atom stereocenters. The fourth-order valence-corrected chi connectivity index (χ4v) is 1.25. The van der Waals surface area contributed by atoms with E-state index in [1.807, 2.05) is 0 Å². The van der Waals surface area contributed by atoms with E-state index in [-0.39, 0.29) is 41.9 Å². The van der Waals surface area contributed by atoms with Crippen LogP contribution in [0.5, 0.6) is 0 Å². The maximum absolute atomic E-state index is 9.51. The summed E-state index contributed by atoms with van der Waals surface area (Å²) in [5, 5.41) is 0. The third kappa shape index (κ3) is 75.7. The Morgan fingerprint density at radius 3 is 0.852 bits per heavy atom. The van der Waals surface area contributed by atoms with E-state index < -0.39 is 53.0 Å². The summed E-state index contributed by atoms with van der Waals surface area (Å²) in [5.41, 5.74) is 0. The number of hydrogen-bond acceptors (Lipinski definition) is 16. The molecular formula is H11N2NaO19S5. The average Bonchev–Trinajstić information content (AvgIpc) is 2.20. The van der Waals surface area contributed by atoms with Crippen LogP contribution in [0, 0.1) is 0 Å². The Morgan fingerprint density at radius 1 is 0.630 bits per heavy atom. The van der Waals surface area contributed by atoms with Crippen molar-refractivity contribution in [3.63, 3.8) is 0 Å². The van der Waals surface area contributed by atoms with Crippen molar-refractivity contribution in [3.05, 3.63) is 0 Å². The Kier molecular flexibility index (Phi) is 26.8. The minimum atomic E-state index is -5.27. The maximum Gasteiger partial charge on any atom is 1.00 e. The summed E-state index contributed by atoms with van der Waals surface area (Å²) in [4.78, 5) is 0. The second kappa shape index (κ2) is 17.3. The molecule has 0 rings (SSSR count). The Balaban J connectivity index is -0.0000000624. The standard InChI is InChI=1S/2H3N.Na.2H2O8S2.H2O3S/c;;;2*1-9(2,3)7-8-10(4,5)6;1-4(2)3/h2*1H3;;2*(H,1,2,3)(H,4,5,6);(H2,1,2,3)/q;;+1;;;/p-1. The van der Waals surface area contributed by atoms with E-state index in [0.717, 1.165) is 0 Å². The van der Waals surface area contributed by atoms with Gasteiger partial charge in [0, 0.05) is 0 Å². The zero-order chi connectivity index (χ0) is 20.4. The van der Waals surface area contributed by atoms with Gasteiger partial charge in [0.2, 0.25) is 10.4 Å². The summed E-state index contributed by atoms with van der Waals surface area (Å²) < 4.78 is 142. The van der Waals surface area contributed by atoms with Crippen LogP contribution in [0.3, 0.4) is 0 Å². The molecule has 0 aliphatic rings. The molecule has 166 valence electrons. The van der Waals surface area contributed by atoms with Crippen LogP contribution in [0.1, 0.15) is 0 Å². The molecule has 0 saturated heterocycles. The Hall–Kier alpha value is 0.470. The van der Waals surface area contributed by atoms with Crippen LogP contribution < -0.4 is 41.9 Å². The van der Waals surface area contributed by atoms with Gasteiger partial charge in [0.05, 0.1) is 0 Å². The van der Waals surface area contributed by atoms with Gasteiger partial charge in [0.15, 0.2) is 0 Å². The van der Waals surface area contributed by atoms with Gasteiger partial charge in [0.25, 0.3) is 11.4 Å². The number of hydrogen-bond donors (Lipinski definition) is 7. The molecule has 0 heterocycles. The fraction of sp³-hybridized carbons (Fsp3) is 0. The predicted octanol–water partition coefficient (Wildman–Crippen LogP) is -6.25. The molecule has 0 amide bonds. The van der Waals surface area contributed by atoms with Crippen molar-refractivity contribution >= 4 is 53.0 Å². The van der Waals surface area contributed by atoms with Crippen LogP contribution in [-0.2, 0) is 70.3 Å². The third-order valence-corrected chi connectivity index (χ3v) is 1.52. The normalized spacial score (nSPS) is 11.2. The molecule has 0 aromatic carbocycles. The first-order valence-corrected chi connectivity index (χ1v) is 10.1. The first-order chi connectivity index (χ1) is 10.1. The molecular weight excluding hydrogens is 515 g/mol. The zero-order valence-corrected chi connectivity index (χ0v) is 18.5. The van der Waals surface area contributed by atoms with Crippen LogP contribution in [0.2, 0.25) is 0 Å². The van der Waals surface area contributed by atoms with Gasteiger partial charge < -0.3 is 16.9 Å². The Bertz CT molecular complexity index is 652. The Labute approximate surface area is 176 Å². The van der Waals surface area contributed by atoms with Crippen molar-refractivity contribution in [1.82, 2.24) is 12.3 Å². The molecule has 21 nitrogen and oxygen atoms in total. The zero-order valence-electron chi connectivity index (χ0n) is 12.4. The minimum absolute atomic E-state index is 0. The van der Waals surface area contributed by atoms with Crippen molar-refractivity contribution in [2.75, 3.05) is 0 Å². The van der Waals surface area contributed by atoms with E-state index in [1.165, 1.54) is 0 Å². The molecule has 0 aliphatic heterocycles. The average molecular weight is 526 g/mol. The molecule has 0 spiro atoms. The molecule has 27 heavy (non-hydrogen) atoms. The monoisotopic (exact) mass is 526 g/mol. The molecule has 0 aromatic heterocycles. The van der Waals surface area contributed by atoms with E-state index in [1.54, 1.807) is 0 Å². The van der Waals surface area contributed by atoms with E-state index in [4.69, 9.17) is 27.0 Å². The fourth-order valence-electron chi connectivity index (χ4n) is 0.139. The predicted molar refractivity (Wildman–Crippen MR) is 72.1 cm³/mol. The van der Waals surface area contributed by atoms with E-state index in [2.05, 4.69) is 17.3 Å². The van der Waals surface area contributed by atoms with Crippen LogP contribution in [0.15, 0.2) is 0 Å². The molecule has 0 saturated carbocycles. The molecule has 11 N–H and O–H groups in total. The first kappa shape index (κ1) is 41.8. The molecule has 0 fully saturated rings. The van der Waals surface area contributed by atoms with Crippen LogP contribution in [0.25, 0.3) is 0 Å². The van der Waals surface area contributed by atoms with Crippen molar-refractivity contribution in [2.45, 2.75) is 0 Å². The summed E-state index contributed by atoms with van der Waals surface area (Å²) >= 11 is -2.61. The summed E-state index contributed by atoms with van der Waals surface area (Å²) in [6.07, 6.45) is 0. The first-order valence-electron chi connectivity index (χ1n) is 3.58. The van der Waals surface area contributed by atoms with Gasteiger partial charge in [0.1, 0.15) is 0 Å². The van der Waals surface area contributed by atoms with E-state index in [9.17, 15) is 38.2 Å². The van der Waals surface area contributed by atoms with Gasteiger partial charge in [-0.15, -0.1) is 0 Å². The minimum Gasteiger partial charge on any atom is -0.724 e. The third-order valence-electron chi connectivity index (χ3n) is 0.397.